The molecule has 4 rings (SSSR count). The molecule has 1 aromatic heterocycles. The Bertz CT molecular complexity index is 1160. The fourth-order valence-corrected chi connectivity index (χ4v) is 4.25. The van der Waals surface area contributed by atoms with Crippen molar-refractivity contribution in [1.82, 2.24) is 10.2 Å². The van der Waals surface area contributed by atoms with Gasteiger partial charge in [0.05, 0.1) is 6.04 Å². The van der Waals surface area contributed by atoms with E-state index in [1.54, 1.807) is 19.1 Å². The zero-order valence-electron chi connectivity index (χ0n) is 20.3. The Morgan fingerprint density at radius 1 is 1.12 bits per heavy atom. The summed E-state index contributed by atoms with van der Waals surface area (Å²) in [6.07, 6.45) is 0.810. The fourth-order valence-electron chi connectivity index (χ4n) is 4.25. The molecule has 0 bridgehead atoms. The second-order valence-electron chi connectivity index (χ2n) is 9.29. The minimum Gasteiger partial charge on any atom is -0.486 e. The van der Waals surface area contributed by atoms with Crippen LogP contribution in [-0.2, 0) is 17.8 Å². The zero-order valence-corrected chi connectivity index (χ0v) is 20.3. The lowest BCUT2D eigenvalue weighted by Gasteiger charge is -2.37. The average molecular weight is 461 g/mol. The van der Waals surface area contributed by atoms with E-state index in [9.17, 15) is 9.59 Å². The molecule has 0 radical (unpaired) electrons. The second kappa shape index (κ2) is 10.2. The zero-order chi connectivity index (χ0) is 24.2. The van der Waals surface area contributed by atoms with Crippen LogP contribution in [0.1, 0.15) is 65.4 Å². The van der Waals surface area contributed by atoms with Gasteiger partial charge in [0.2, 0.25) is 5.91 Å². The van der Waals surface area contributed by atoms with E-state index in [0.29, 0.717) is 30.5 Å². The standard InChI is InChI=1S/C28H32N2O4/c1-18(2)16-29-28(32)26-12-11-24(34-26)17-33-23-10-9-21-13-14-30(20(4)31)27(25(21)15-23)22-7-5-19(3)6-8-22/h5-12,15,18,27H,13-14,16-17H2,1-4H3,(H,29,32)/t27-/m0/s1. The SMILES string of the molecule is CC(=O)N1CCc2ccc(OCc3ccc(C(=O)NCC(C)C)o3)cc2[C@@H]1c1ccc(C)cc1. The minimum absolute atomic E-state index is 0.0569. The maximum absolute atomic E-state index is 12.4. The molecule has 1 aliphatic rings. The van der Waals surface area contributed by atoms with Gasteiger partial charge in [0.15, 0.2) is 5.76 Å². The lowest BCUT2D eigenvalue weighted by molar-refractivity contribution is -0.130. The number of fused-ring (bicyclic) bond motifs is 1. The van der Waals surface area contributed by atoms with Crippen molar-refractivity contribution in [2.75, 3.05) is 13.1 Å². The molecule has 1 atom stereocenters. The number of hydrogen-bond acceptors (Lipinski definition) is 4. The predicted octanol–water partition coefficient (Wildman–Crippen LogP) is 5.05. The molecule has 1 aliphatic heterocycles. The highest BCUT2D eigenvalue weighted by Crippen LogP contribution is 2.37. The highest BCUT2D eigenvalue weighted by molar-refractivity contribution is 5.91. The highest BCUT2D eigenvalue weighted by Gasteiger charge is 2.30. The second-order valence-corrected chi connectivity index (χ2v) is 9.29. The van der Waals surface area contributed by atoms with Gasteiger partial charge < -0.3 is 19.4 Å². The topological polar surface area (TPSA) is 71.8 Å². The number of amides is 2. The molecule has 0 spiro atoms. The molecule has 0 saturated carbocycles. The van der Waals surface area contributed by atoms with E-state index in [4.69, 9.17) is 9.15 Å². The maximum atomic E-state index is 12.4. The number of nitrogens with one attached hydrogen (secondary N) is 1. The van der Waals surface area contributed by atoms with Gasteiger partial charge in [-0.05, 0) is 60.2 Å². The number of aryl methyl sites for hydroxylation is 1. The molecule has 2 heterocycles. The number of hydrogen-bond donors (Lipinski definition) is 1. The summed E-state index contributed by atoms with van der Waals surface area (Å²) in [5.74, 6) is 1.76. The molecular weight excluding hydrogens is 428 g/mol. The average Bonchev–Trinajstić information content (AvgIpc) is 3.30. The first-order chi connectivity index (χ1) is 16.3. The molecule has 3 aromatic rings. The summed E-state index contributed by atoms with van der Waals surface area (Å²) in [4.78, 5) is 26.6. The van der Waals surface area contributed by atoms with Crippen molar-refractivity contribution in [2.24, 2.45) is 5.92 Å². The van der Waals surface area contributed by atoms with Crippen molar-refractivity contribution in [2.45, 2.75) is 46.8 Å². The number of ether oxygens (including phenoxy) is 1. The summed E-state index contributed by atoms with van der Waals surface area (Å²) in [6.45, 7) is 9.26. The molecule has 0 saturated heterocycles. The summed E-state index contributed by atoms with van der Waals surface area (Å²) in [7, 11) is 0. The smallest absolute Gasteiger partial charge is 0.287 e. The molecule has 178 valence electrons. The van der Waals surface area contributed by atoms with Crippen LogP contribution in [0, 0.1) is 12.8 Å². The molecule has 0 fully saturated rings. The number of benzene rings is 2. The molecule has 1 N–H and O–H groups in total. The van der Waals surface area contributed by atoms with Gasteiger partial charge in [-0.25, -0.2) is 0 Å². The van der Waals surface area contributed by atoms with Crippen LogP contribution >= 0.6 is 0 Å². The molecule has 2 amide bonds. The first-order valence-electron chi connectivity index (χ1n) is 11.8. The Morgan fingerprint density at radius 3 is 2.59 bits per heavy atom. The number of rotatable bonds is 7. The molecule has 0 aliphatic carbocycles. The lowest BCUT2D eigenvalue weighted by Crippen LogP contribution is -2.39. The summed E-state index contributed by atoms with van der Waals surface area (Å²) < 4.78 is 11.7. The van der Waals surface area contributed by atoms with Gasteiger partial charge in [-0.3, -0.25) is 9.59 Å². The van der Waals surface area contributed by atoms with Crippen molar-refractivity contribution >= 4 is 11.8 Å². The Balaban J connectivity index is 1.52. The van der Waals surface area contributed by atoms with Crippen molar-refractivity contribution in [1.29, 1.82) is 0 Å². The fraction of sp³-hybridized carbons (Fsp3) is 0.357. The molecule has 2 aromatic carbocycles. The van der Waals surface area contributed by atoms with Gasteiger partial charge in [0.25, 0.3) is 5.91 Å². The third kappa shape index (κ3) is 5.33. The largest absolute Gasteiger partial charge is 0.486 e. The van der Waals surface area contributed by atoms with E-state index < -0.39 is 0 Å². The molecule has 6 heteroatoms. The van der Waals surface area contributed by atoms with Crippen LogP contribution in [-0.4, -0.2) is 29.8 Å². The van der Waals surface area contributed by atoms with Crippen molar-refractivity contribution in [3.8, 4) is 5.75 Å². The van der Waals surface area contributed by atoms with Crippen LogP contribution in [0.15, 0.2) is 59.0 Å². The Morgan fingerprint density at radius 2 is 1.88 bits per heavy atom. The summed E-state index contributed by atoms with van der Waals surface area (Å²) in [6, 6.07) is 17.7. The quantitative estimate of drug-likeness (QED) is 0.536. The van der Waals surface area contributed by atoms with E-state index in [1.165, 1.54) is 11.1 Å². The van der Waals surface area contributed by atoms with Crippen LogP contribution in [0.2, 0.25) is 0 Å². The molecule has 0 unspecified atom stereocenters. The Hall–Kier alpha value is -3.54. The summed E-state index contributed by atoms with van der Waals surface area (Å²) >= 11 is 0. The first-order valence-corrected chi connectivity index (χ1v) is 11.8. The molecule has 6 nitrogen and oxygen atoms in total. The van der Waals surface area contributed by atoms with Crippen LogP contribution in [0.3, 0.4) is 0 Å². The first kappa shape index (κ1) is 23.6. The van der Waals surface area contributed by atoms with E-state index >= 15 is 0 Å². The normalized spacial score (nSPS) is 15.2. The monoisotopic (exact) mass is 460 g/mol. The summed E-state index contributed by atoms with van der Waals surface area (Å²) in [5, 5.41) is 2.85. The van der Waals surface area contributed by atoms with E-state index in [2.05, 4.69) is 42.6 Å². The lowest BCUT2D eigenvalue weighted by atomic mass is 9.87. The van der Waals surface area contributed by atoms with Crippen molar-refractivity contribution < 1.29 is 18.7 Å². The van der Waals surface area contributed by atoms with Crippen molar-refractivity contribution in [3.63, 3.8) is 0 Å². The van der Waals surface area contributed by atoms with Gasteiger partial charge in [0.1, 0.15) is 18.1 Å². The van der Waals surface area contributed by atoms with E-state index in [1.807, 2.05) is 30.9 Å². The minimum atomic E-state index is -0.223. The number of furan rings is 1. The summed E-state index contributed by atoms with van der Waals surface area (Å²) in [5.41, 5.74) is 4.57. The Labute approximate surface area is 200 Å². The van der Waals surface area contributed by atoms with E-state index in [-0.39, 0.29) is 30.2 Å². The van der Waals surface area contributed by atoms with Crippen LogP contribution < -0.4 is 10.1 Å². The van der Waals surface area contributed by atoms with Gasteiger partial charge in [-0.2, -0.15) is 0 Å². The maximum Gasteiger partial charge on any atom is 0.287 e. The van der Waals surface area contributed by atoms with Crippen LogP contribution in [0.5, 0.6) is 5.75 Å². The molecular formula is C28H32N2O4. The molecule has 34 heavy (non-hydrogen) atoms. The van der Waals surface area contributed by atoms with Gasteiger partial charge in [0, 0.05) is 20.0 Å². The third-order valence-electron chi connectivity index (χ3n) is 6.08. The van der Waals surface area contributed by atoms with E-state index in [0.717, 1.165) is 17.5 Å². The van der Waals surface area contributed by atoms with Gasteiger partial charge in [-0.1, -0.05) is 49.7 Å². The number of carbonyl (C=O) groups excluding carboxylic acids is 2. The van der Waals surface area contributed by atoms with Crippen LogP contribution in [0.4, 0.5) is 0 Å². The van der Waals surface area contributed by atoms with Crippen LogP contribution in [0.25, 0.3) is 0 Å². The van der Waals surface area contributed by atoms with Gasteiger partial charge in [-0.15, -0.1) is 0 Å². The predicted molar refractivity (Wildman–Crippen MR) is 131 cm³/mol. The van der Waals surface area contributed by atoms with Gasteiger partial charge >= 0.3 is 0 Å². The van der Waals surface area contributed by atoms with Crippen molar-refractivity contribution in [3.05, 3.63) is 88.4 Å². The number of nitrogens with zero attached hydrogens (tertiary/aromatic N) is 1. The Kier molecular flexibility index (Phi) is 7.06. The third-order valence-corrected chi connectivity index (χ3v) is 6.08. The highest BCUT2D eigenvalue weighted by atomic mass is 16.5. The number of carbonyl (C=O) groups is 2.